The van der Waals surface area contributed by atoms with Gasteiger partial charge in [0.05, 0.1) is 12.7 Å². The van der Waals surface area contributed by atoms with E-state index in [9.17, 15) is 18.0 Å². The summed E-state index contributed by atoms with van der Waals surface area (Å²) in [4.78, 5) is 11.9. The number of hydrogen-bond donors (Lipinski definition) is 1. The third-order valence-corrected chi connectivity index (χ3v) is 3.46. The standard InChI is InChI=1S/C19H18F3NO3/c1-3-4-13-5-10-16(17(11-13)25-2)26-12-18(24)23-15-8-6-14(7-9-15)19(20,21)22/h3,5-11H,1,4,12H2,2H3,(H,23,24). The van der Waals surface area contributed by atoms with E-state index in [4.69, 9.17) is 9.47 Å². The quantitative estimate of drug-likeness (QED) is 0.737. The fourth-order valence-electron chi connectivity index (χ4n) is 2.21. The number of hydrogen-bond acceptors (Lipinski definition) is 3. The highest BCUT2D eigenvalue weighted by Crippen LogP contribution is 2.30. The predicted octanol–water partition coefficient (Wildman–Crippen LogP) is 4.46. The molecule has 0 saturated heterocycles. The topological polar surface area (TPSA) is 47.6 Å². The molecule has 1 amide bonds. The molecule has 0 heterocycles. The highest BCUT2D eigenvalue weighted by atomic mass is 19.4. The van der Waals surface area contributed by atoms with Crippen LogP contribution in [0.5, 0.6) is 11.5 Å². The molecule has 0 aliphatic carbocycles. The number of benzene rings is 2. The molecule has 0 aliphatic rings. The second kappa shape index (κ2) is 8.42. The summed E-state index contributed by atoms with van der Waals surface area (Å²) in [6.07, 6.45) is -1.99. The lowest BCUT2D eigenvalue weighted by atomic mass is 10.1. The third-order valence-electron chi connectivity index (χ3n) is 3.46. The van der Waals surface area contributed by atoms with Crippen LogP contribution in [0, 0.1) is 0 Å². The summed E-state index contributed by atoms with van der Waals surface area (Å²) >= 11 is 0. The summed E-state index contributed by atoms with van der Waals surface area (Å²) in [7, 11) is 1.49. The van der Waals surface area contributed by atoms with Gasteiger partial charge >= 0.3 is 6.18 Å². The van der Waals surface area contributed by atoms with Crippen LogP contribution in [0.4, 0.5) is 18.9 Å². The van der Waals surface area contributed by atoms with Crippen molar-refractivity contribution in [2.75, 3.05) is 19.0 Å². The number of ether oxygens (including phenoxy) is 2. The van der Waals surface area contributed by atoms with Crippen molar-refractivity contribution in [1.29, 1.82) is 0 Å². The summed E-state index contributed by atoms with van der Waals surface area (Å²) in [5.74, 6) is 0.372. The fourth-order valence-corrected chi connectivity index (χ4v) is 2.21. The Labute approximate surface area is 149 Å². The van der Waals surface area contributed by atoms with Crippen LogP contribution in [-0.4, -0.2) is 19.6 Å². The highest BCUT2D eigenvalue weighted by molar-refractivity contribution is 5.91. The van der Waals surface area contributed by atoms with Crippen LogP contribution in [0.15, 0.2) is 55.1 Å². The van der Waals surface area contributed by atoms with Crippen molar-refractivity contribution in [2.45, 2.75) is 12.6 Å². The molecule has 0 spiro atoms. The van der Waals surface area contributed by atoms with E-state index >= 15 is 0 Å². The van der Waals surface area contributed by atoms with E-state index in [0.29, 0.717) is 17.9 Å². The van der Waals surface area contributed by atoms with E-state index in [1.54, 1.807) is 18.2 Å². The Morgan fingerprint density at radius 1 is 1.15 bits per heavy atom. The van der Waals surface area contributed by atoms with Gasteiger partial charge in [-0.1, -0.05) is 12.1 Å². The normalized spacial score (nSPS) is 10.9. The zero-order valence-corrected chi connectivity index (χ0v) is 14.1. The molecule has 2 aromatic carbocycles. The molecule has 0 aromatic heterocycles. The van der Waals surface area contributed by atoms with Crippen molar-refractivity contribution in [2.24, 2.45) is 0 Å². The summed E-state index contributed by atoms with van der Waals surface area (Å²) in [5.41, 5.74) is 0.453. The first-order valence-corrected chi connectivity index (χ1v) is 7.71. The Bertz CT molecular complexity index is 771. The zero-order valence-electron chi connectivity index (χ0n) is 14.1. The number of nitrogens with one attached hydrogen (secondary N) is 1. The molecule has 0 saturated carbocycles. The average molecular weight is 365 g/mol. The molecule has 2 aromatic rings. The Hall–Kier alpha value is -2.96. The van der Waals surface area contributed by atoms with E-state index in [1.807, 2.05) is 6.07 Å². The van der Waals surface area contributed by atoms with Crippen molar-refractivity contribution in [3.05, 3.63) is 66.2 Å². The molecule has 0 unspecified atom stereocenters. The van der Waals surface area contributed by atoms with Crippen molar-refractivity contribution < 1.29 is 27.4 Å². The molecule has 0 aliphatic heterocycles. The van der Waals surface area contributed by atoms with Crippen LogP contribution in [0.3, 0.4) is 0 Å². The average Bonchev–Trinajstić information content (AvgIpc) is 2.60. The van der Waals surface area contributed by atoms with Crippen LogP contribution in [0.25, 0.3) is 0 Å². The highest BCUT2D eigenvalue weighted by Gasteiger charge is 2.29. The number of methoxy groups -OCH3 is 1. The van der Waals surface area contributed by atoms with Crippen LogP contribution in [0.1, 0.15) is 11.1 Å². The first kappa shape index (κ1) is 19.4. The number of allylic oxidation sites excluding steroid dienone is 1. The number of anilines is 1. The van der Waals surface area contributed by atoms with E-state index in [-0.39, 0.29) is 12.3 Å². The number of halogens is 3. The molecular weight excluding hydrogens is 347 g/mol. The first-order valence-electron chi connectivity index (χ1n) is 7.71. The molecule has 0 bridgehead atoms. The molecule has 4 nitrogen and oxygen atoms in total. The molecule has 138 valence electrons. The zero-order chi connectivity index (χ0) is 19.2. The lowest BCUT2D eigenvalue weighted by Crippen LogP contribution is -2.20. The van der Waals surface area contributed by atoms with Gasteiger partial charge in [-0.2, -0.15) is 13.2 Å². The van der Waals surface area contributed by atoms with Gasteiger partial charge in [0.2, 0.25) is 0 Å². The van der Waals surface area contributed by atoms with Crippen molar-refractivity contribution in [3.63, 3.8) is 0 Å². The van der Waals surface area contributed by atoms with Gasteiger partial charge in [0.25, 0.3) is 5.91 Å². The number of carbonyl (C=O) groups is 1. The van der Waals surface area contributed by atoms with E-state index in [2.05, 4.69) is 11.9 Å². The minimum absolute atomic E-state index is 0.250. The third kappa shape index (κ3) is 5.27. The summed E-state index contributed by atoms with van der Waals surface area (Å²) < 4.78 is 48.2. The van der Waals surface area contributed by atoms with Crippen molar-refractivity contribution in [1.82, 2.24) is 0 Å². The number of carbonyl (C=O) groups excluding carboxylic acids is 1. The summed E-state index contributed by atoms with van der Waals surface area (Å²) in [5, 5.41) is 2.47. The fraction of sp³-hybridized carbons (Fsp3) is 0.211. The number of rotatable bonds is 7. The van der Waals surface area contributed by atoms with Gasteiger partial charge in [-0.05, 0) is 48.4 Å². The Balaban J connectivity index is 1.95. The second-order valence-corrected chi connectivity index (χ2v) is 5.39. The van der Waals surface area contributed by atoms with Crippen LogP contribution in [-0.2, 0) is 17.4 Å². The number of amides is 1. The number of alkyl halides is 3. The van der Waals surface area contributed by atoms with Gasteiger partial charge in [-0.3, -0.25) is 4.79 Å². The molecule has 0 radical (unpaired) electrons. The first-order chi connectivity index (χ1) is 12.3. The van der Waals surface area contributed by atoms with Crippen molar-refractivity contribution in [3.8, 4) is 11.5 Å². The van der Waals surface area contributed by atoms with E-state index in [0.717, 1.165) is 17.7 Å². The Morgan fingerprint density at radius 2 is 1.85 bits per heavy atom. The van der Waals surface area contributed by atoms with E-state index in [1.165, 1.54) is 19.2 Å². The molecular formula is C19H18F3NO3. The van der Waals surface area contributed by atoms with Gasteiger partial charge in [0.1, 0.15) is 0 Å². The second-order valence-electron chi connectivity index (χ2n) is 5.39. The van der Waals surface area contributed by atoms with Gasteiger partial charge in [0.15, 0.2) is 18.1 Å². The predicted molar refractivity (Wildman–Crippen MR) is 92.5 cm³/mol. The summed E-state index contributed by atoms with van der Waals surface area (Å²) in [6, 6.07) is 9.47. The van der Waals surface area contributed by atoms with Gasteiger partial charge < -0.3 is 14.8 Å². The Morgan fingerprint density at radius 3 is 2.42 bits per heavy atom. The van der Waals surface area contributed by atoms with Gasteiger partial charge in [-0.25, -0.2) is 0 Å². The molecule has 0 atom stereocenters. The lowest BCUT2D eigenvalue weighted by Gasteiger charge is -2.12. The minimum atomic E-state index is -4.42. The maximum absolute atomic E-state index is 12.5. The van der Waals surface area contributed by atoms with Crippen molar-refractivity contribution >= 4 is 11.6 Å². The summed E-state index contributed by atoms with van der Waals surface area (Å²) in [6.45, 7) is 3.36. The molecule has 2 rings (SSSR count). The van der Waals surface area contributed by atoms with Crippen LogP contribution < -0.4 is 14.8 Å². The van der Waals surface area contributed by atoms with Gasteiger partial charge in [0, 0.05) is 5.69 Å². The lowest BCUT2D eigenvalue weighted by molar-refractivity contribution is -0.137. The molecule has 1 N–H and O–H groups in total. The largest absolute Gasteiger partial charge is 0.493 e. The minimum Gasteiger partial charge on any atom is -0.493 e. The Kier molecular flexibility index (Phi) is 6.27. The van der Waals surface area contributed by atoms with Gasteiger partial charge in [-0.15, -0.1) is 6.58 Å². The molecule has 0 fully saturated rings. The smallest absolute Gasteiger partial charge is 0.416 e. The monoisotopic (exact) mass is 365 g/mol. The SMILES string of the molecule is C=CCc1ccc(OCC(=O)Nc2ccc(C(F)(F)F)cc2)c(OC)c1. The maximum atomic E-state index is 12.5. The van der Waals surface area contributed by atoms with Crippen LogP contribution >= 0.6 is 0 Å². The van der Waals surface area contributed by atoms with E-state index < -0.39 is 17.6 Å². The molecule has 26 heavy (non-hydrogen) atoms. The van der Waals surface area contributed by atoms with Crippen LogP contribution in [0.2, 0.25) is 0 Å². The molecule has 7 heteroatoms. The maximum Gasteiger partial charge on any atom is 0.416 e.